The van der Waals surface area contributed by atoms with Gasteiger partial charge in [-0.1, -0.05) is 6.92 Å². The molecule has 0 atom stereocenters. The molecule has 0 aromatic carbocycles. The monoisotopic (exact) mass is 185 g/mol. The van der Waals surface area contributed by atoms with Gasteiger partial charge in [0, 0.05) is 24.5 Å². The highest BCUT2D eigenvalue weighted by Gasteiger charge is 2.39. The quantitative estimate of drug-likeness (QED) is 0.665. The average molecular weight is 185 g/mol. The molecule has 1 saturated heterocycles. The lowest BCUT2D eigenvalue weighted by molar-refractivity contribution is -0.0808. The van der Waals surface area contributed by atoms with E-state index >= 15 is 0 Å². The Kier molecular flexibility index (Phi) is 3.36. The molecule has 0 aliphatic carbocycles. The van der Waals surface area contributed by atoms with Crippen molar-refractivity contribution in [3.8, 4) is 0 Å². The van der Waals surface area contributed by atoms with Crippen molar-refractivity contribution in [2.45, 2.75) is 46.8 Å². The molecule has 1 rings (SSSR count). The van der Waals surface area contributed by atoms with Crippen LogP contribution in [0.2, 0.25) is 0 Å². The van der Waals surface area contributed by atoms with Crippen molar-refractivity contribution in [2.24, 2.45) is 5.41 Å². The molecule has 0 bridgehead atoms. The third-order valence-corrected chi connectivity index (χ3v) is 2.67. The molecule has 13 heavy (non-hydrogen) atoms. The molecular weight excluding hydrogens is 162 g/mol. The lowest BCUT2D eigenvalue weighted by Crippen LogP contribution is -2.59. The molecule has 1 fully saturated rings. The minimum atomic E-state index is 0.366. The minimum Gasteiger partial charge on any atom is -0.378 e. The summed E-state index contributed by atoms with van der Waals surface area (Å²) in [4.78, 5) is 2.49. The van der Waals surface area contributed by atoms with E-state index in [9.17, 15) is 0 Å². The van der Waals surface area contributed by atoms with Crippen LogP contribution in [-0.4, -0.2) is 36.7 Å². The lowest BCUT2D eigenvalue weighted by Gasteiger charge is -2.50. The van der Waals surface area contributed by atoms with Crippen LogP contribution < -0.4 is 0 Å². The number of ether oxygens (including phenoxy) is 1. The summed E-state index contributed by atoms with van der Waals surface area (Å²) >= 11 is 0. The Morgan fingerprint density at radius 3 is 2.15 bits per heavy atom. The summed E-state index contributed by atoms with van der Waals surface area (Å²) in [6, 6.07) is 0.687. The Hall–Kier alpha value is -0.0800. The summed E-state index contributed by atoms with van der Waals surface area (Å²) in [5, 5.41) is 0. The largest absolute Gasteiger partial charge is 0.378 e. The van der Waals surface area contributed by atoms with Gasteiger partial charge in [-0.05, 0) is 27.7 Å². The van der Waals surface area contributed by atoms with Crippen LogP contribution in [0.1, 0.15) is 34.6 Å². The van der Waals surface area contributed by atoms with Crippen molar-refractivity contribution in [1.29, 1.82) is 0 Å². The first-order chi connectivity index (χ1) is 5.93. The van der Waals surface area contributed by atoms with Crippen LogP contribution in [0, 0.1) is 5.41 Å². The minimum absolute atomic E-state index is 0.366. The SMILES string of the molecule is CC(C)OCC1(C)CN(C(C)C)C1. The second kappa shape index (κ2) is 3.97. The topological polar surface area (TPSA) is 12.5 Å². The van der Waals surface area contributed by atoms with Gasteiger partial charge in [-0.2, -0.15) is 0 Å². The molecule has 0 unspecified atom stereocenters. The van der Waals surface area contributed by atoms with Gasteiger partial charge >= 0.3 is 0 Å². The summed E-state index contributed by atoms with van der Waals surface area (Å²) in [6.07, 6.45) is 0.366. The maximum absolute atomic E-state index is 5.65. The van der Waals surface area contributed by atoms with Gasteiger partial charge in [-0.15, -0.1) is 0 Å². The van der Waals surface area contributed by atoms with E-state index in [0.29, 0.717) is 17.6 Å². The van der Waals surface area contributed by atoms with Crippen LogP contribution in [0.5, 0.6) is 0 Å². The van der Waals surface area contributed by atoms with Crippen LogP contribution in [0.15, 0.2) is 0 Å². The summed E-state index contributed by atoms with van der Waals surface area (Å²) < 4.78 is 5.65. The predicted octanol–water partition coefficient (Wildman–Crippen LogP) is 2.14. The van der Waals surface area contributed by atoms with E-state index in [1.54, 1.807) is 0 Å². The first-order valence-electron chi connectivity index (χ1n) is 5.29. The molecule has 2 heteroatoms. The summed E-state index contributed by atoms with van der Waals surface area (Å²) in [5.74, 6) is 0. The highest BCUT2D eigenvalue weighted by atomic mass is 16.5. The zero-order valence-corrected chi connectivity index (χ0v) is 9.63. The van der Waals surface area contributed by atoms with E-state index < -0.39 is 0 Å². The summed E-state index contributed by atoms with van der Waals surface area (Å²) in [6.45, 7) is 14.3. The summed E-state index contributed by atoms with van der Waals surface area (Å²) in [5.41, 5.74) is 0.411. The highest BCUT2D eigenvalue weighted by molar-refractivity contribution is 4.92. The van der Waals surface area contributed by atoms with E-state index in [1.165, 1.54) is 13.1 Å². The van der Waals surface area contributed by atoms with Crippen molar-refractivity contribution in [3.05, 3.63) is 0 Å². The molecule has 0 radical (unpaired) electrons. The highest BCUT2D eigenvalue weighted by Crippen LogP contribution is 2.31. The Bertz CT molecular complexity index is 154. The van der Waals surface area contributed by atoms with Gasteiger partial charge in [-0.3, -0.25) is 4.90 Å². The molecule has 0 amide bonds. The molecule has 0 spiro atoms. The molecule has 0 aromatic heterocycles. The third-order valence-electron chi connectivity index (χ3n) is 2.67. The molecule has 1 aliphatic rings. The van der Waals surface area contributed by atoms with Gasteiger partial charge in [0.25, 0.3) is 0 Å². The summed E-state index contributed by atoms with van der Waals surface area (Å²) in [7, 11) is 0. The van der Waals surface area contributed by atoms with Crippen LogP contribution in [0.3, 0.4) is 0 Å². The van der Waals surface area contributed by atoms with Crippen molar-refractivity contribution >= 4 is 0 Å². The Labute approximate surface area is 82.3 Å². The van der Waals surface area contributed by atoms with E-state index in [-0.39, 0.29) is 0 Å². The smallest absolute Gasteiger partial charge is 0.0547 e. The first-order valence-corrected chi connectivity index (χ1v) is 5.29. The van der Waals surface area contributed by atoms with Gasteiger partial charge in [0.15, 0.2) is 0 Å². The first kappa shape index (κ1) is 11.0. The lowest BCUT2D eigenvalue weighted by atomic mass is 9.82. The Morgan fingerprint density at radius 1 is 1.23 bits per heavy atom. The number of hydrogen-bond donors (Lipinski definition) is 0. The Balaban J connectivity index is 2.22. The van der Waals surface area contributed by atoms with Crippen LogP contribution >= 0.6 is 0 Å². The number of hydrogen-bond acceptors (Lipinski definition) is 2. The van der Waals surface area contributed by atoms with Crippen LogP contribution in [0.4, 0.5) is 0 Å². The van der Waals surface area contributed by atoms with E-state index in [4.69, 9.17) is 4.74 Å². The average Bonchev–Trinajstić information content (AvgIpc) is 1.95. The second-order valence-electron chi connectivity index (χ2n) is 5.17. The van der Waals surface area contributed by atoms with Crippen LogP contribution in [0.25, 0.3) is 0 Å². The fourth-order valence-electron chi connectivity index (χ4n) is 1.76. The normalized spacial score (nSPS) is 22.4. The Morgan fingerprint density at radius 2 is 1.77 bits per heavy atom. The molecule has 0 saturated carbocycles. The molecular formula is C11H23NO. The maximum Gasteiger partial charge on any atom is 0.0547 e. The molecule has 0 N–H and O–H groups in total. The molecule has 78 valence electrons. The number of likely N-dealkylation sites (tertiary alicyclic amines) is 1. The predicted molar refractivity (Wildman–Crippen MR) is 55.9 cm³/mol. The molecule has 1 heterocycles. The molecule has 2 nitrogen and oxygen atoms in total. The fraction of sp³-hybridized carbons (Fsp3) is 1.00. The van der Waals surface area contributed by atoms with Gasteiger partial charge < -0.3 is 4.74 Å². The van der Waals surface area contributed by atoms with Crippen LogP contribution in [-0.2, 0) is 4.74 Å². The molecule has 1 aliphatic heterocycles. The molecule has 0 aromatic rings. The number of rotatable bonds is 4. The van der Waals surface area contributed by atoms with E-state index in [0.717, 1.165) is 6.61 Å². The van der Waals surface area contributed by atoms with Crippen molar-refractivity contribution in [3.63, 3.8) is 0 Å². The number of nitrogens with zero attached hydrogens (tertiary/aromatic N) is 1. The third kappa shape index (κ3) is 2.96. The standard InChI is InChI=1S/C11H23NO/c1-9(2)12-6-11(5,7-12)8-13-10(3)4/h9-10H,6-8H2,1-5H3. The maximum atomic E-state index is 5.65. The van der Waals surface area contributed by atoms with E-state index in [1.807, 2.05) is 0 Å². The van der Waals surface area contributed by atoms with Gasteiger partial charge in [0.2, 0.25) is 0 Å². The zero-order chi connectivity index (χ0) is 10.1. The van der Waals surface area contributed by atoms with Crippen molar-refractivity contribution < 1.29 is 4.74 Å². The fourth-order valence-corrected chi connectivity index (χ4v) is 1.76. The second-order valence-corrected chi connectivity index (χ2v) is 5.17. The van der Waals surface area contributed by atoms with Gasteiger partial charge in [-0.25, -0.2) is 0 Å². The zero-order valence-electron chi connectivity index (χ0n) is 9.63. The van der Waals surface area contributed by atoms with Crippen molar-refractivity contribution in [1.82, 2.24) is 4.90 Å². The van der Waals surface area contributed by atoms with Crippen molar-refractivity contribution in [2.75, 3.05) is 19.7 Å². The van der Waals surface area contributed by atoms with E-state index in [2.05, 4.69) is 39.5 Å². The van der Waals surface area contributed by atoms with Gasteiger partial charge in [0.1, 0.15) is 0 Å². The van der Waals surface area contributed by atoms with Gasteiger partial charge in [0.05, 0.1) is 12.7 Å².